The quantitative estimate of drug-likeness (QED) is 0.894. The van der Waals surface area contributed by atoms with Gasteiger partial charge in [-0.25, -0.2) is 4.39 Å². The van der Waals surface area contributed by atoms with Crippen molar-refractivity contribution in [2.75, 3.05) is 13.2 Å². The van der Waals surface area contributed by atoms with E-state index in [0.717, 1.165) is 6.54 Å². The van der Waals surface area contributed by atoms with Gasteiger partial charge in [0.2, 0.25) is 0 Å². The lowest BCUT2D eigenvalue weighted by Crippen LogP contribution is -2.29. The third-order valence-electron chi connectivity index (χ3n) is 3.99. The maximum Gasteiger partial charge on any atom is 0.147 e. The van der Waals surface area contributed by atoms with Crippen molar-refractivity contribution < 1.29 is 9.13 Å². The SMILES string of the molecule is NCC1CCCCC1COCc1cccc(Cl)c1F. The molecule has 0 saturated heterocycles. The summed E-state index contributed by atoms with van der Waals surface area (Å²) < 4.78 is 19.4. The lowest BCUT2D eigenvalue weighted by molar-refractivity contribution is 0.0499. The summed E-state index contributed by atoms with van der Waals surface area (Å²) in [5.74, 6) is 0.696. The third kappa shape index (κ3) is 3.91. The van der Waals surface area contributed by atoms with Crippen molar-refractivity contribution in [3.8, 4) is 0 Å². The van der Waals surface area contributed by atoms with Crippen molar-refractivity contribution in [3.05, 3.63) is 34.6 Å². The summed E-state index contributed by atoms with van der Waals surface area (Å²) in [7, 11) is 0. The van der Waals surface area contributed by atoms with Crippen LogP contribution in [0.4, 0.5) is 4.39 Å². The van der Waals surface area contributed by atoms with Crippen LogP contribution in [0.3, 0.4) is 0 Å². The van der Waals surface area contributed by atoms with Gasteiger partial charge in [0.1, 0.15) is 5.82 Å². The van der Waals surface area contributed by atoms with Crippen molar-refractivity contribution in [2.45, 2.75) is 32.3 Å². The van der Waals surface area contributed by atoms with Gasteiger partial charge in [-0.3, -0.25) is 0 Å². The third-order valence-corrected chi connectivity index (χ3v) is 4.28. The van der Waals surface area contributed by atoms with Crippen LogP contribution >= 0.6 is 11.6 Å². The lowest BCUT2D eigenvalue weighted by Gasteiger charge is -2.30. The largest absolute Gasteiger partial charge is 0.376 e. The number of rotatable bonds is 5. The van der Waals surface area contributed by atoms with E-state index >= 15 is 0 Å². The van der Waals surface area contributed by atoms with Crippen LogP contribution in [0, 0.1) is 17.7 Å². The predicted octanol–water partition coefficient (Wildman–Crippen LogP) is 3.76. The van der Waals surface area contributed by atoms with Gasteiger partial charge in [-0.1, -0.05) is 36.6 Å². The van der Waals surface area contributed by atoms with E-state index in [1.165, 1.54) is 25.7 Å². The second-order valence-corrected chi connectivity index (χ2v) is 5.68. The minimum atomic E-state index is -0.372. The van der Waals surface area contributed by atoms with Crippen LogP contribution in [0.1, 0.15) is 31.2 Å². The molecule has 0 aliphatic heterocycles. The Bertz CT molecular complexity index is 413. The first-order valence-electron chi connectivity index (χ1n) is 6.93. The van der Waals surface area contributed by atoms with E-state index in [1.807, 2.05) is 0 Å². The topological polar surface area (TPSA) is 35.2 Å². The average molecular weight is 286 g/mol. The Morgan fingerprint density at radius 3 is 2.74 bits per heavy atom. The van der Waals surface area contributed by atoms with Gasteiger partial charge in [0.15, 0.2) is 0 Å². The fourth-order valence-electron chi connectivity index (χ4n) is 2.79. The summed E-state index contributed by atoms with van der Waals surface area (Å²) in [5.41, 5.74) is 6.31. The summed E-state index contributed by atoms with van der Waals surface area (Å²) >= 11 is 5.74. The molecule has 0 amide bonds. The minimum Gasteiger partial charge on any atom is -0.376 e. The highest BCUT2D eigenvalue weighted by Crippen LogP contribution is 2.29. The van der Waals surface area contributed by atoms with Crippen LogP contribution in [0.2, 0.25) is 5.02 Å². The number of benzene rings is 1. The van der Waals surface area contributed by atoms with Crippen molar-refractivity contribution in [2.24, 2.45) is 17.6 Å². The van der Waals surface area contributed by atoms with E-state index < -0.39 is 0 Å². The predicted molar refractivity (Wildman–Crippen MR) is 75.6 cm³/mol. The normalized spacial score (nSPS) is 23.5. The molecule has 2 rings (SSSR count). The molecule has 19 heavy (non-hydrogen) atoms. The molecule has 1 aromatic rings. The molecule has 2 unspecified atom stereocenters. The van der Waals surface area contributed by atoms with Crippen LogP contribution in [0.15, 0.2) is 18.2 Å². The molecule has 0 heterocycles. The Kier molecular flexibility index (Phi) is 5.61. The van der Waals surface area contributed by atoms with E-state index in [2.05, 4.69) is 0 Å². The maximum absolute atomic E-state index is 13.7. The molecular weight excluding hydrogens is 265 g/mol. The first kappa shape index (κ1) is 14.8. The van der Waals surface area contributed by atoms with Crippen molar-refractivity contribution in [3.63, 3.8) is 0 Å². The fraction of sp³-hybridized carbons (Fsp3) is 0.600. The Hall–Kier alpha value is -0.640. The summed E-state index contributed by atoms with van der Waals surface area (Å²) in [6, 6.07) is 5.00. The molecule has 0 radical (unpaired) electrons. The summed E-state index contributed by atoms with van der Waals surface area (Å²) in [6.45, 7) is 1.66. The van der Waals surface area contributed by atoms with Crippen LogP contribution in [0.5, 0.6) is 0 Å². The van der Waals surface area contributed by atoms with E-state index in [0.29, 0.717) is 24.0 Å². The van der Waals surface area contributed by atoms with Gasteiger partial charge in [0, 0.05) is 5.56 Å². The fourth-order valence-corrected chi connectivity index (χ4v) is 2.99. The summed E-state index contributed by atoms with van der Waals surface area (Å²) in [4.78, 5) is 0. The second kappa shape index (κ2) is 7.22. The van der Waals surface area contributed by atoms with E-state index in [-0.39, 0.29) is 17.4 Å². The van der Waals surface area contributed by atoms with Gasteiger partial charge in [0.25, 0.3) is 0 Å². The second-order valence-electron chi connectivity index (χ2n) is 5.27. The molecule has 1 aliphatic rings. The number of nitrogens with two attached hydrogens (primary N) is 1. The smallest absolute Gasteiger partial charge is 0.147 e. The van der Waals surface area contributed by atoms with Gasteiger partial charge >= 0.3 is 0 Å². The molecule has 2 nitrogen and oxygen atoms in total. The molecule has 2 atom stereocenters. The first-order chi connectivity index (χ1) is 9.22. The van der Waals surface area contributed by atoms with Gasteiger partial charge in [-0.05, 0) is 37.3 Å². The number of hydrogen-bond acceptors (Lipinski definition) is 2. The molecule has 0 aromatic heterocycles. The molecule has 1 fully saturated rings. The Labute approximate surface area is 119 Å². The molecular formula is C15H21ClFNO. The zero-order chi connectivity index (χ0) is 13.7. The number of hydrogen-bond donors (Lipinski definition) is 1. The zero-order valence-corrected chi connectivity index (χ0v) is 11.8. The van der Waals surface area contributed by atoms with Crippen molar-refractivity contribution in [1.29, 1.82) is 0 Å². The maximum atomic E-state index is 13.7. The standard InChI is InChI=1S/C15H21ClFNO/c16-14-7-3-6-13(15(14)17)10-19-9-12-5-2-1-4-11(12)8-18/h3,6-7,11-12H,1-2,4-5,8-10,18H2. The molecule has 0 bridgehead atoms. The number of halogens is 2. The Morgan fingerprint density at radius 2 is 2.00 bits per heavy atom. The van der Waals surface area contributed by atoms with Crippen LogP contribution in [-0.4, -0.2) is 13.2 Å². The van der Waals surface area contributed by atoms with E-state index in [4.69, 9.17) is 22.1 Å². The summed E-state index contributed by atoms with van der Waals surface area (Å²) in [5, 5.41) is 0.151. The Morgan fingerprint density at radius 1 is 1.26 bits per heavy atom. The molecule has 1 saturated carbocycles. The molecule has 0 spiro atoms. The van der Waals surface area contributed by atoms with Crippen LogP contribution in [-0.2, 0) is 11.3 Å². The molecule has 4 heteroatoms. The van der Waals surface area contributed by atoms with Gasteiger partial charge < -0.3 is 10.5 Å². The van der Waals surface area contributed by atoms with Gasteiger partial charge in [0.05, 0.1) is 18.2 Å². The molecule has 1 aromatic carbocycles. The average Bonchev–Trinajstić information content (AvgIpc) is 2.44. The lowest BCUT2D eigenvalue weighted by atomic mass is 9.80. The van der Waals surface area contributed by atoms with Gasteiger partial charge in [-0.2, -0.15) is 0 Å². The van der Waals surface area contributed by atoms with Crippen LogP contribution in [0.25, 0.3) is 0 Å². The van der Waals surface area contributed by atoms with Crippen molar-refractivity contribution >= 4 is 11.6 Å². The van der Waals surface area contributed by atoms with E-state index in [1.54, 1.807) is 18.2 Å². The van der Waals surface area contributed by atoms with E-state index in [9.17, 15) is 4.39 Å². The van der Waals surface area contributed by atoms with Crippen molar-refractivity contribution in [1.82, 2.24) is 0 Å². The molecule has 106 valence electrons. The molecule has 1 aliphatic carbocycles. The Balaban J connectivity index is 1.84. The highest BCUT2D eigenvalue weighted by atomic mass is 35.5. The highest BCUT2D eigenvalue weighted by molar-refractivity contribution is 6.30. The minimum absolute atomic E-state index is 0.151. The highest BCUT2D eigenvalue weighted by Gasteiger charge is 2.24. The monoisotopic (exact) mass is 285 g/mol. The van der Waals surface area contributed by atoms with Gasteiger partial charge in [-0.15, -0.1) is 0 Å². The summed E-state index contributed by atoms with van der Waals surface area (Å²) in [6.07, 6.45) is 4.87. The number of ether oxygens (including phenoxy) is 1. The van der Waals surface area contributed by atoms with Crippen LogP contribution < -0.4 is 5.73 Å². The molecule has 2 N–H and O–H groups in total. The first-order valence-corrected chi connectivity index (χ1v) is 7.31. The zero-order valence-electron chi connectivity index (χ0n) is 11.1.